The van der Waals surface area contributed by atoms with Gasteiger partial charge in [-0.25, -0.2) is 4.79 Å². The molecule has 4 heteroatoms. The quantitative estimate of drug-likeness (QED) is 0.783. The number of carbonyl (C=O) groups excluding carboxylic acids is 1. The third-order valence-corrected chi connectivity index (χ3v) is 3.27. The molecule has 0 N–H and O–H groups in total. The topological polar surface area (TPSA) is 35.5 Å². The van der Waals surface area contributed by atoms with Gasteiger partial charge in [-0.05, 0) is 35.0 Å². The number of methoxy groups -OCH3 is 1. The summed E-state index contributed by atoms with van der Waals surface area (Å²) in [5, 5.41) is 0. The van der Waals surface area contributed by atoms with Crippen LogP contribution in [0.25, 0.3) is 5.57 Å². The molecule has 0 saturated heterocycles. The Labute approximate surface area is 102 Å². The number of ether oxygens (including phenoxy) is 2. The van der Waals surface area contributed by atoms with Gasteiger partial charge in [0.1, 0.15) is 16.8 Å². The van der Waals surface area contributed by atoms with E-state index in [2.05, 4.69) is 15.9 Å². The van der Waals surface area contributed by atoms with Gasteiger partial charge in [0.05, 0.1) is 7.11 Å². The van der Waals surface area contributed by atoms with Gasteiger partial charge in [0, 0.05) is 11.1 Å². The highest BCUT2D eigenvalue weighted by Gasteiger charge is 2.25. The van der Waals surface area contributed by atoms with Crippen molar-refractivity contribution >= 4 is 27.5 Å². The molecule has 0 aliphatic carbocycles. The zero-order chi connectivity index (χ0) is 11.7. The Hall–Kier alpha value is -1.29. The van der Waals surface area contributed by atoms with Crippen molar-refractivity contribution in [3.8, 4) is 5.75 Å². The average molecular weight is 283 g/mol. The third-order valence-electron chi connectivity index (χ3n) is 2.47. The molecule has 1 aliphatic heterocycles. The van der Waals surface area contributed by atoms with Crippen molar-refractivity contribution in [2.24, 2.45) is 0 Å². The molecule has 0 aromatic heterocycles. The van der Waals surface area contributed by atoms with E-state index in [0.29, 0.717) is 11.1 Å². The molecule has 3 nitrogen and oxygen atoms in total. The van der Waals surface area contributed by atoms with Crippen LogP contribution < -0.4 is 4.74 Å². The van der Waals surface area contributed by atoms with E-state index in [0.717, 1.165) is 22.4 Å². The van der Waals surface area contributed by atoms with Crippen LogP contribution in [-0.4, -0.2) is 19.7 Å². The fraction of sp³-hybridized carbons (Fsp3) is 0.250. The van der Waals surface area contributed by atoms with Gasteiger partial charge < -0.3 is 9.47 Å². The molecular formula is C12H11BrO3. The molecule has 0 spiro atoms. The van der Waals surface area contributed by atoms with Gasteiger partial charge in [0.2, 0.25) is 0 Å². The Bertz CT molecular complexity index is 477. The third kappa shape index (κ3) is 1.85. The summed E-state index contributed by atoms with van der Waals surface area (Å²) in [6.07, 6.45) is 0. The summed E-state index contributed by atoms with van der Waals surface area (Å²) in [4.78, 5) is 11.3. The lowest BCUT2D eigenvalue weighted by atomic mass is 10.0. The highest BCUT2D eigenvalue weighted by atomic mass is 79.9. The normalized spacial score (nSPS) is 15.3. The van der Waals surface area contributed by atoms with Crippen LogP contribution in [0.4, 0.5) is 0 Å². The predicted octanol–water partition coefficient (Wildman–Crippen LogP) is 2.67. The minimum Gasteiger partial charge on any atom is -0.496 e. The van der Waals surface area contributed by atoms with Crippen LogP contribution in [0, 0.1) is 6.92 Å². The van der Waals surface area contributed by atoms with E-state index in [1.54, 1.807) is 7.11 Å². The van der Waals surface area contributed by atoms with Gasteiger partial charge in [0.15, 0.2) is 0 Å². The highest BCUT2D eigenvalue weighted by molar-refractivity contribution is 9.12. The van der Waals surface area contributed by atoms with Crippen LogP contribution in [-0.2, 0) is 9.53 Å². The van der Waals surface area contributed by atoms with Crippen molar-refractivity contribution in [3.63, 3.8) is 0 Å². The van der Waals surface area contributed by atoms with Gasteiger partial charge in [-0.1, -0.05) is 11.6 Å². The molecular weight excluding hydrogens is 272 g/mol. The summed E-state index contributed by atoms with van der Waals surface area (Å²) >= 11 is 3.24. The smallest absolute Gasteiger partial charge is 0.346 e. The van der Waals surface area contributed by atoms with Crippen LogP contribution >= 0.6 is 15.9 Å². The summed E-state index contributed by atoms with van der Waals surface area (Å²) in [6, 6.07) is 5.84. The summed E-state index contributed by atoms with van der Waals surface area (Å²) in [7, 11) is 1.61. The number of benzene rings is 1. The standard InChI is InChI=1S/C12H11BrO3/c1-7-3-4-10(15-2)8(5-7)9-6-16-12(14)11(9)13/h3-5H,6H2,1-2H3. The Balaban J connectivity index is 2.55. The SMILES string of the molecule is COc1ccc(C)cc1C1=C(Br)C(=O)OC1. The van der Waals surface area contributed by atoms with E-state index in [9.17, 15) is 4.79 Å². The molecule has 16 heavy (non-hydrogen) atoms. The number of hydrogen-bond donors (Lipinski definition) is 0. The molecule has 1 aliphatic rings. The maximum Gasteiger partial charge on any atom is 0.346 e. The molecule has 0 fully saturated rings. The summed E-state index contributed by atoms with van der Waals surface area (Å²) in [5.41, 5.74) is 2.86. The van der Waals surface area contributed by atoms with Gasteiger partial charge >= 0.3 is 5.97 Å². The van der Waals surface area contributed by atoms with Crippen LogP contribution in [0.15, 0.2) is 22.7 Å². The number of rotatable bonds is 2. The fourth-order valence-corrected chi connectivity index (χ4v) is 2.08. The number of hydrogen-bond acceptors (Lipinski definition) is 3. The van der Waals surface area contributed by atoms with Crippen molar-refractivity contribution in [3.05, 3.63) is 33.8 Å². The molecule has 0 radical (unpaired) electrons. The summed E-state index contributed by atoms with van der Waals surface area (Å²) in [6.45, 7) is 2.29. The zero-order valence-corrected chi connectivity index (χ0v) is 10.6. The number of carbonyl (C=O) groups is 1. The van der Waals surface area contributed by atoms with E-state index in [-0.39, 0.29) is 5.97 Å². The number of cyclic esters (lactones) is 1. The lowest BCUT2D eigenvalue weighted by molar-refractivity contribution is -0.135. The second-order valence-corrected chi connectivity index (χ2v) is 4.37. The van der Waals surface area contributed by atoms with Gasteiger partial charge in [-0.3, -0.25) is 0 Å². The Morgan fingerprint density at radius 3 is 2.75 bits per heavy atom. The molecule has 1 aromatic rings. The monoisotopic (exact) mass is 282 g/mol. The summed E-state index contributed by atoms with van der Waals surface area (Å²) < 4.78 is 10.7. The first-order chi connectivity index (χ1) is 7.63. The molecule has 84 valence electrons. The predicted molar refractivity (Wildman–Crippen MR) is 64.5 cm³/mol. The molecule has 2 rings (SSSR count). The van der Waals surface area contributed by atoms with E-state index >= 15 is 0 Å². The number of esters is 1. The molecule has 0 saturated carbocycles. The first-order valence-corrected chi connectivity index (χ1v) is 5.63. The zero-order valence-electron chi connectivity index (χ0n) is 9.04. The maximum absolute atomic E-state index is 11.3. The Morgan fingerprint density at radius 1 is 1.44 bits per heavy atom. The minimum atomic E-state index is -0.321. The van der Waals surface area contributed by atoms with E-state index in [4.69, 9.17) is 9.47 Å². The van der Waals surface area contributed by atoms with E-state index in [1.807, 2.05) is 25.1 Å². The van der Waals surface area contributed by atoms with Crippen LogP contribution in [0.3, 0.4) is 0 Å². The van der Waals surface area contributed by atoms with Crippen molar-refractivity contribution in [1.82, 2.24) is 0 Å². The molecule has 0 amide bonds. The van der Waals surface area contributed by atoms with Gasteiger partial charge in [-0.2, -0.15) is 0 Å². The van der Waals surface area contributed by atoms with Gasteiger partial charge in [0.25, 0.3) is 0 Å². The van der Waals surface area contributed by atoms with E-state index < -0.39 is 0 Å². The summed E-state index contributed by atoms with van der Waals surface area (Å²) in [5.74, 6) is 0.425. The van der Waals surface area contributed by atoms with E-state index in [1.165, 1.54) is 0 Å². The second-order valence-electron chi connectivity index (χ2n) is 3.57. The lowest BCUT2D eigenvalue weighted by Gasteiger charge is -2.09. The molecule has 0 unspecified atom stereocenters. The number of halogens is 1. The molecule has 0 atom stereocenters. The molecule has 0 bridgehead atoms. The minimum absolute atomic E-state index is 0.291. The van der Waals surface area contributed by atoms with Crippen LogP contribution in [0.2, 0.25) is 0 Å². The van der Waals surface area contributed by atoms with Crippen LogP contribution in [0.1, 0.15) is 11.1 Å². The van der Waals surface area contributed by atoms with Crippen molar-refractivity contribution in [2.75, 3.05) is 13.7 Å². The van der Waals surface area contributed by atoms with Crippen molar-refractivity contribution in [1.29, 1.82) is 0 Å². The first-order valence-electron chi connectivity index (χ1n) is 4.84. The fourth-order valence-electron chi connectivity index (χ4n) is 1.64. The van der Waals surface area contributed by atoms with Crippen LogP contribution in [0.5, 0.6) is 5.75 Å². The largest absolute Gasteiger partial charge is 0.496 e. The van der Waals surface area contributed by atoms with Crippen molar-refractivity contribution < 1.29 is 14.3 Å². The average Bonchev–Trinajstić information content (AvgIpc) is 2.60. The van der Waals surface area contributed by atoms with Crippen molar-refractivity contribution in [2.45, 2.75) is 6.92 Å². The second kappa shape index (κ2) is 4.29. The lowest BCUT2D eigenvalue weighted by Crippen LogP contribution is -1.94. The number of aryl methyl sites for hydroxylation is 1. The molecule has 1 heterocycles. The first kappa shape index (κ1) is 11.2. The maximum atomic E-state index is 11.3. The molecule has 1 aromatic carbocycles. The Kier molecular flexibility index (Phi) is 3.01. The van der Waals surface area contributed by atoms with Gasteiger partial charge in [-0.15, -0.1) is 0 Å². The highest BCUT2D eigenvalue weighted by Crippen LogP contribution is 2.35. The Morgan fingerprint density at radius 2 is 2.19 bits per heavy atom.